The monoisotopic (exact) mass is 325 g/mol. The van der Waals surface area contributed by atoms with Crippen LogP contribution in [0.2, 0.25) is 0 Å². The molecule has 0 saturated heterocycles. The van der Waals surface area contributed by atoms with Crippen molar-refractivity contribution >= 4 is 23.2 Å². The van der Waals surface area contributed by atoms with E-state index in [1.165, 1.54) is 29.2 Å². The number of amides is 1. The quantitative estimate of drug-likeness (QED) is 0.497. The number of nitrogens with zero attached hydrogens (tertiary/aromatic N) is 4. The van der Waals surface area contributed by atoms with Crippen molar-refractivity contribution < 1.29 is 15.0 Å². The van der Waals surface area contributed by atoms with Crippen LogP contribution in [0.15, 0.2) is 47.6 Å². The molecule has 2 aromatic carbocycles. The molecule has 0 fully saturated rings. The largest absolute Gasteiger partial charge is 0.508 e. The number of rotatable bonds is 4. The highest BCUT2D eigenvalue weighted by Gasteiger charge is 2.17. The van der Waals surface area contributed by atoms with Crippen molar-refractivity contribution in [3.8, 4) is 11.5 Å². The van der Waals surface area contributed by atoms with E-state index in [1.54, 1.807) is 6.92 Å². The SMILES string of the molecule is C[C@H](C(=O)N/N=C\c1ccc(O)cc1O)n1nc2ccccc2n1. The first-order valence-corrected chi connectivity index (χ1v) is 7.21. The molecule has 3 rings (SSSR count). The number of carbonyl (C=O) groups excluding carboxylic acids is 1. The van der Waals surface area contributed by atoms with Gasteiger partial charge in [-0.25, -0.2) is 5.43 Å². The third-order valence-electron chi connectivity index (χ3n) is 3.42. The van der Waals surface area contributed by atoms with Crippen LogP contribution >= 0.6 is 0 Å². The minimum atomic E-state index is -0.650. The van der Waals surface area contributed by atoms with Gasteiger partial charge >= 0.3 is 0 Å². The van der Waals surface area contributed by atoms with Gasteiger partial charge in [0.05, 0.1) is 6.21 Å². The molecule has 0 saturated carbocycles. The number of nitrogens with one attached hydrogen (secondary N) is 1. The van der Waals surface area contributed by atoms with Crippen LogP contribution in [0.1, 0.15) is 18.5 Å². The lowest BCUT2D eigenvalue weighted by atomic mass is 10.2. The molecule has 0 aliphatic heterocycles. The Morgan fingerprint density at radius 3 is 2.50 bits per heavy atom. The molecule has 24 heavy (non-hydrogen) atoms. The summed E-state index contributed by atoms with van der Waals surface area (Å²) in [6, 6.07) is 10.7. The number of fused-ring (bicyclic) bond motifs is 1. The van der Waals surface area contributed by atoms with Gasteiger partial charge in [-0.2, -0.15) is 20.1 Å². The minimum absolute atomic E-state index is 0.0564. The second-order valence-electron chi connectivity index (χ2n) is 5.16. The zero-order valence-corrected chi connectivity index (χ0v) is 12.8. The van der Waals surface area contributed by atoms with Crippen LogP contribution < -0.4 is 5.43 Å². The normalized spacial score (nSPS) is 12.5. The molecule has 8 heteroatoms. The summed E-state index contributed by atoms with van der Waals surface area (Å²) in [5, 5.41) is 31.2. The van der Waals surface area contributed by atoms with Crippen molar-refractivity contribution in [1.29, 1.82) is 0 Å². The summed E-state index contributed by atoms with van der Waals surface area (Å²) in [6.45, 7) is 1.65. The lowest BCUT2D eigenvalue weighted by molar-refractivity contribution is -0.124. The standard InChI is InChI=1S/C16H15N5O3/c1-10(21-19-13-4-2-3-5-14(13)20-21)16(24)18-17-9-11-6-7-12(22)8-15(11)23/h2-10,22-23H,1H3,(H,18,24)/b17-9-/t10-/m1/s1. The molecule has 3 N–H and O–H groups in total. The first-order chi connectivity index (χ1) is 11.5. The predicted molar refractivity (Wildman–Crippen MR) is 87.7 cm³/mol. The zero-order chi connectivity index (χ0) is 17.1. The molecule has 8 nitrogen and oxygen atoms in total. The summed E-state index contributed by atoms with van der Waals surface area (Å²) in [5.74, 6) is -0.593. The average Bonchev–Trinajstić information content (AvgIpc) is 3.00. The fourth-order valence-electron chi connectivity index (χ4n) is 2.05. The van der Waals surface area contributed by atoms with Crippen molar-refractivity contribution in [1.82, 2.24) is 20.4 Å². The number of phenolic OH excluding ortho intramolecular Hbond substituents is 2. The van der Waals surface area contributed by atoms with E-state index in [4.69, 9.17) is 0 Å². The smallest absolute Gasteiger partial charge is 0.266 e. The molecule has 122 valence electrons. The Morgan fingerprint density at radius 2 is 1.88 bits per heavy atom. The van der Waals surface area contributed by atoms with Crippen LogP contribution in [0.4, 0.5) is 0 Å². The van der Waals surface area contributed by atoms with E-state index >= 15 is 0 Å². The van der Waals surface area contributed by atoms with Crippen LogP contribution in [-0.4, -0.2) is 37.3 Å². The number of aromatic hydroxyl groups is 2. The number of hydrogen-bond donors (Lipinski definition) is 3. The van der Waals surface area contributed by atoms with E-state index in [9.17, 15) is 15.0 Å². The van der Waals surface area contributed by atoms with Crippen molar-refractivity contribution in [3.05, 3.63) is 48.0 Å². The third-order valence-corrected chi connectivity index (χ3v) is 3.42. The summed E-state index contributed by atoms with van der Waals surface area (Å²) in [5.41, 5.74) is 4.14. The lowest BCUT2D eigenvalue weighted by Gasteiger charge is -2.08. The third kappa shape index (κ3) is 3.17. The van der Waals surface area contributed by atoms with Crippen LogP contribution in [-0.2, 0) is 4.79 Å². The topological polar surface area (TPSA) is 113 Å². The molecule has 1 aromatic heterocycles. The molecular weight excluding hydrogens is 310 g/mol. The number of carbonyl (C=O) groups is 1. The summed E-state index contributed by atoms with van der Waals surface area (Å²) in [4.78, 5) is 13.4. The molecule has 0 aliphatic rings. The van der Waals surface area contributed by atoms with Gasteiger partial charge in [0.25, 0.3) is 5.91 Å². The first kappa shape index (κ1) is 15.5. The van der Waals surface area contributed by atoms with E-state index < -0.39 is 11.9 Å². The Kier molecular flexibility index (Phi) is 4.11. The molecule has 0 bridgehead atoms. The van der Waals surface area contributed by atoms with Gasteiger partial charge in [0.1, 0.15) is 28.6 Å². The fourth-order valence-corrected chi connectivity index (χ4v) is 2.05. The highest BCUT2D eigenvalue weighted by atomic mass is 16.3. The Hall–Kier alpha value is -3.42. The average molecular weight is 325 g/mol. The van der Waals surface area contributed by atoms with Gasteiger partial charge in [0.2, 0.25) is 0 Å². The first-order valence-electron chi connectivity index (χ1n) is 7.21. The lowest BCUT2D eigenvalue weighted by Crippen LogP contribution is -2.28. The van der Waals surface area contributed by atoms with E-state index in [1.807, 2.05) is 24.3 Å². The summed E-state index contributed by atoms with van der Waals surface area (Å²) >= 11 is 0. The fraction of sp³-hybridized carbons (Fsp3) is 0.125. The molecule has 0 unspecified atom stereocenters. The zero-order valence-electron chi connectivity index (χ0n) is 12.8. The maximum absolute atomic E-state index is 12.1. The van der Waals surface area contributed by atoms with Crippen molar-refractivity contribution in [3.63, 3.8) is 0 Å². The van der Waals surface area contributed by atoms with Crippen molar-refractivity contribution in [2.24, 2.45) is 5.10 Å². The second kappa shape index (κ2) is 6.37. The predicted octanol–water partition coefficient (Wildman–Crippen LogP) is 1.55. The molecule has 0 aliphatic carbocycles. The molecule has 1 amide bonds. The van der Waals surface area contributed by atoms with E-state index in [0.717, 1.165) is 0 Å². The maximum atomic E-state index is 12.1. The molecule has 0 spiro atoms. The number of benzene rings is 2. The number of hydrogen-bond acceptors (Lipinski definition) is 6. The van der Waals surface area contributed by atoms with Crippen molar-refractivity contribution in [2.75, 3.05) is 0 Å². The summed E-state index contributed by atoms with van der Waals surface area (Å²) in [7, 11) is 0. The highest BCUT2D eigenvalue weighted by molar-refractivity contribution is 5.86. The second-order valence-corrected chi connectivity index (χ2v) is 5.16. The van der Waals surface area contributed by atoms with Gasteiger partial charge in [-0.3, -0.25) is 4.79 Å². The van der Waals surface area contributed by atoms with E-state index in [-0.39, 0.29) is 11.5 Å². The van der Waals surface area contributed by atoms with Gasteiger partial charge in [-0.05, 0) is 31.2 Å². The van der Waals surface area contributed by atoms with Gasteiger partial charge in [-0.1, -0.05) is 12.1 Å². The summed E-state index contributed by atoms with van der Waals surface area (Å²) in [6.07, 6.45) is 1.28. The highest BCUT2D eigenvalue weighted by Crippen LogP contribution is 2.20. The van der Waals surface area contributed by atoms with E-state index in [0.29, 0.717) is 16.6 Å². The number of hydrazone groups is 1. The Balaban J connectivity index is 1.68. The Morgan fingerprint density at radius 1 is 1.21 bits per heavy atom. The Labute approximate surface area is 137 Å². The minimum Gasteiger partial charge on any atom is -0.508 e. The van der Waals surface area contributed by atoms with Gasteiger partial charge in [0, 0.05) is 11.6 Å². The van der Waals surface area contributed by atoms with Gasteiger partial charge in [0.15, 0.2) is 0 Å². The van der Waals surface area contributed by atoms with Gasteiger partial charge < -0.3 is 10.2 Å². The molecule has 0 radical (unpaired) electrons. The number of aromatic nitrogens is 3. The van der Waals surface area contributed by atoms with Crippen molar-refractivity contribution in [2.45, 2.75) is 13.0 Å². The molecule has 1 atom stereocenters. The molecular formula is C16H15N5O3. The van der Waals surface area contributed by atoms with Crippen LogP contribution in [0, 0.1) is 0 Å². The molecule has 1 heterocycles. The Bertz CT molecular complexity index is 886. The van der Waals surface area contributed by atoms with Crippen LogP contribution in [0.25, 0.3) is 11.0 Å². The van der Waals surface area contributed by atoms with E-state index in [2.05, 4.69) is 20.7 Å². The molecule has 3 aromatic rings. The summed E-state index contributed by atoms with van der Waals surface area (Å²) < 4.78 is 0. The maximum Gasteiger partial charge on any atom is 0.266 e. The van der Waals surface area contributed by atoms with Crippen LogP contribution in [0.3, 0.4) is 0 Å². The van der Waals surface area contributed by atoms with Gasteiger partial charge in [-0.15, -0.1) is 0 Å². The number of phenols is 2. The van der Waals surface area contributed by atoms with Crippen LogP contribution in [0.5, 0.6) is 11.5 Å².